The quantitative estimate of drug-likeness (QED) is 0.853. The molecule has 0 aliphatic carbocycles. The van der Waals surface area contributed by atoms with Crippen LogP contribution in [0.5, 0.6) is 0 Å². The maximum Gasteiger partial charge on any atom is 0.194 e. The third-order valence-electron chi connectivity index (χ3n) is 2.48. The summed E-state index contributed by atoms with van der Waals surface area (Å²) in [6.45, 7) is 0. The van der Waals surface area contributed by atoms with Crippen molar-refractivity contribution in [1.82, 2.24) is 4.98 Å². The van der Waals surface area contributed by atoms with Gasteiger partial charge < -0.3 is 5.73 Å². The molecule has 0 radical (unpaired) electrons. The highest BCUT2D eigenvalue weighted by Crippen LogP contribution is 2.27. The number of halogens is 4. The summed E-state index contributed by atoms with van der Waals surface area (Å²) >= 11 is 5.86. The Morgan fingerprint density at radius 3 is 2.50 bits per heavy atom. The molecule has 94 valence electrons. The molecule has 0 amide bonds. The van der Waals surface area contributed by atoms with Gasteiger partial charge in [-0.25, -0.2) is 13.2 Å². The van der Waals surface area contributed by atoms with Gasteiger partial charge in [0.05, 0.1) is 16.8 Å². The third-order valence-corrected chi connectivity index (χ3v) is 2.80. The van der Waals surface area contributed by atoms with Crippen molar-refractivity contribution < 1.29 is 13.2 Å². The maximum atomic E-state index is 13.6. The lowest BCUT2D eigenvalue weighted by Gasteiger charge is -2.14. The summed E-state index contributed by atoms with van der Waals surface area (Å²) in [6.07, 6.45) is 1.43. The Morgan fingerprint density at radius 2 is 1.83 bits per heavy atom. The number of nitrogens with zero attached hydrogens (tertiary/aromatic N) is 1. The van der Waals surface area contributed by atoms with Crippen LogP contribution >= 0.6 is 11.6 Å². The molecule has 0 spiro atoms. The smallest absolute Gasteiger partial charge is 0.194 e. The maximum absolute atomic E-state index is 13.6. The number of rotatable bonds is 2. The molecule has 0 bridgehead atoms. The Hall–Kier alpha value is -1.59. The molecule has 0 fully saturated rings. The second kappa shape index (κ2) is 4.96. The zero-order chi connectivity index (χ0) is 13.3. The number of pyridine rings is 1. The molecule has 2 aromatic rings. The average Bonchev–Trinajstić information content (AvgIpc) is 2.36. The lowest BCUT2D eigenvalue weighted by Crippen LogP contribution is -2.16. The van der Waals surface area contributed by atoms with Crippen LogP contribution in [-0.4, -0.2) is 4.98 Å². The van der Waals surface area contributed by atoms with Gasteiger partial charge in [0, 0.05) is 11.8 Å². The van der Waals surface area contributed by atoms with Crippen LogP contribution in [0, 0.1) is 17.5 Å². The molecule has 0 aliphatic rings. The van der Waals surface area contributed by atoms with Gasteiger partial charge in [0.25, 0.3) is 0 Å². The fourth-order valence-electron chi connectivity index (χ4n) is 1.56. The van der Waals surface area contributed by atoms with E-state index in [1.54, 1.807) is 6.07 Å². The largest absolute Gasteiger partial charge is 0.319 e. The van der Waals surface area contributed by atoms with E-state index in [-0.39, 0.29) is 16.3 Å². The standard InChI is InChI=1S/C12H8ClF3N2/c13-7-2-1-5-18-12(7)11(17)6-3-4-8(14)10(16)9(6)15/h1-5,11H,17H2. The van der Waals surface area contributed by atoms with Crippen molar-refractivity contribution in [2.24, 2.45) is 5.73 Å². The van der Waals surface area contributed by atoms with Gasteiger partial charge >= 0.3 is 0 Å². The van der Waals surface area contributed by atoms with Gasteiger partial charge in [0.1, 0.15) is 0 Å². The molecule has 1 atom stereocenters. The van der Waals surface area contributed by atoms with E-state index in [1.807, 2.05) is 0 Å². The Morgan fingerprint density at radius 1 is 1.11 bits per heavy atom. The molecule has 0 saturated carbocycles. The molecule has 1 unspecified atom stereocenters. The average molecular weight is 273 g/mol. The van der Waals surface area contributed by atoms with Crippen LogP contribution in [0.25, 0.3) is 0 Å². The summed E-state index contributed by atoms with van der Waals surface area (Å²) in [5, 5.41) is 0.231. The molecule has 1 aromatic heterocycles. The van der Waals surface area contributed by atoms with E-state index in [0.29, 0.717) is 0 Å². The van der Waals surface area contributed by atoms with Crippen molar-refractivity contribution in [2.75, 3.05) is 0 Å². The minimum atomic E-state index is -1.56. The molecule has 6 heteroatoms. The molecule has 1 heterocycles. The van der Waals surface area contributed by atoms with Crippen LogP contribution in [-0.2, 0) is 0 Å². The first-order valence-corrected chi connectivity index (χ1v) is 5.39. The molecular weight excluding hydrogens is 265 g/mol. The summed E-state index contributed by atoms with van der Waals surface area (Å²) in [4.78, 5) is 3.91. The summed E-state index contributed by atoms with van der Waals surface area (Å²) in [5.74, 6) is -4.16. The van der Waals surface area contributed by atoms with Gasteiger partial charge in [0.2, 0.25) is 0 Å². The summed E-state index contributed by atoms with van der Waals surface area (Å²) < 4.78 is 39.5. The van der Waals surface area contributed by atoms with Crippen molar-refractivity contribution in [2.45, 2.75) is 6.04 Å². The van der Waals surface area contributed by atoms with Crippen molar-refractivity contribution in [3.8, 4) is 0 Å². The van der Waals surface area contributed by atoms with Gasteiger partial charge in [-0.1, -0.05) is 17.7 Å². The second-order valence-corrected chi connectivity index (χ2v) is 4.02. The summed E-state index contributed by atoms with van der Waals surface area (Å²) in [7, 11) is 0. The van der Waals surface area contributed by atoms with Gasteiger partial charge in [-0.3, -0.25) is 4.98 Å². The lowest BCUT2D eigenvalue weighted by molar-refractivity contribution is 0.438. The molecule has 1 aromatic carbocycles. The molecule has 2 rings (SSSR count). The first-order valence-electron chi connectivity index (χ1n) is 5.01. The first-order chi connectivity index (χ1) is 8.52. The predicted molar refractivity (Wildman–Crippen MR) is 61.6 cm³/mol. The van der Waals surface area contributed by atoms with E-state index in [9.17, 15) is 13.2 Å². The fraction of sp³-hybridized carbons (Fsp3) is 0.0833. The molecule has 2 nitrogen and oxygen atoms in total. The highest BCUT2D eigenvalue weighted by Gasteiger charge is 2.21. The Labute approximate surface area is 106 Å². The number of benzene rings is 1. The number of hydrogen-bond donors (Lipinski definition) is 1. The van der Waals surface area contributed by atoms with E-state index in [0.717, 1.165) is 12.1 Å². The van der Waals surface area contributed by atoms with Crippen LogP contribution in [0.3, 0.4) is 0 Å². The Kier molecular flexibility index (Phi) is 3.54. The van der Waals surface area contributed by atoms with E-state index >= 15 is 0 Å². The van der Waals surface area contributed by atoms with Gasteiger partial charge in [-0.2, -0.15) is 0 Å². The van der Waals surface area contributed by atoms with Crippen molar-refractivity contribution in [3.05, 3.63) is 64.2 Å². The van der Waals surface area contributed by atoms with Crippen LogP contribution < -0.4 is 5.73 Å². The van der Waals surface area contributed by atoms with E-state index in [2.05, 4.69) is 4.98 Å². The van der Waals surface area contributed by atoms with Gasteiger partial charge in [-0.05, 0) is 18.2 Å². The molecule has 0 aliphatic heterocycles. The molecule has 18 heavy (non-hydrogen) atoms. The van der Waals surface area contributed by atoms with Crippen LogP contribution in [0.2, 0.25) is 5.02 Å². The highest BCUT2D eigenvalue weighted by atomic mass is 35.5. The number of aromatic nitrogens is 1. The van der Waals surface area contributed by atoms with Crippen LogP contribution in [0.4, 0.5) is 13.2 Å². The second-order valence-electron chi connectivity index (χ2n) is 3.61. The van der Waals surface area contributed by atoms with Gasteiger partial charge in [0.15, 0.2) is 17.5 Å². The van der Waals surface area contributed by atoms with Crippen LogP contribution in [0.1, 0.15) is 17.3 Å². The topological polar surface area (TPSA) is 38.9 Å². The van der Waals surface area contributed by atoms with Gasteiger partial charge in [-0.15, -0.1) is 0 Å². The molecular formula is C12H8ClF3N2. The number of hydrogen-bond acceptors (Lipinski definition) is 2. The predicted octanol–water partition coefficient (Wildman–Crippen LogP) is 3.20. The fourth-order valence-corrected chi connectivity index (χ4v) is 1.79. The highest BCUT2D eigenvalue weighted by molar-refractivity contribution is 6.31. The van der Waals surface area contributed by atoms with E-state index in [4.69, 9.17) is 17.3 Å². The van der Waals surface area contributed by atoms with Crippen LogP contribution in [0.15, 0.2) is 30.5 Å². The lowest BCUT2D eigenvalue weighted by atomic mass is 10.0. The minimum Gasteiger partial charge on any atom is -0.319 e. The summed E-state index contributed by atoms with van der Waals surface area (Å²) in [5.41, 5.74) is 5.76. The zero-order valence-electron chi connectivity index (χ0n) is 9.00. The van der Waals surface area contributed by atoms with Crippen molar-refractivity contribution in [3.63, 3.8) is 0 Å². The molecule has 2 N–H and O–H groups in total. The Bertz CT molecular complexity index is 590. The zero-order valence-corrected chi connectivity index (χ0v) is 9.76. The van der Waals surface area contributed by atoms with E-state index < -0.39 is 23.5 Å². The molecule has 0 saturated heterocycles. The normalized spacial score (nSPS) is 12.5. The van der Waals surface area contributed by atoms with E-state index in [1.165, 1.54) is 12.3 Å². The first kappa shape index (κ1) is 12.9. The van der Waals surface area contributed by atoms with Crippen molar-refractivity contribution >= 4 is 11.6 Å². The van der Waals surface area contributed by atoms with Crippen molar-refractivity contribution in [1.29, 1.82) is 0 Å². The number of nitrogens with two attached hydrogens (primary N) is 1. The SMILES string of the molecule is NC(c1ccc(F)c(F)c1F)c1ncccc1Cl. The monoisotopic (exact) mass is 272 g/mol. The summed E-state index contributed by atoms with van der Waals surface area (Å²) in [6, 6.07) is 3.93. The Balaban J connectivity index is 2.50. The minimum absolute atomic E-state index is 0.198. The third kappa shape index (κ3) is 2.19.